The van der Waals surface area contributed by atoms with Gasteiger partial charge in [0.2, 0.25) is 0 Å². The number of halogens is 1. The molecule has 1 aliphatic carbocycles. The van der Waals surface area contributed by atoms with Crippen LogP contribution in [0, 0.1) is 0 Å². The van der Waals surface area contributed by atoms with E-state index in [1.807, 2.05) is 6.07 Å². The summed E-state index contributed by atoms with van der Waals surface area (Å²) < 4.78 is 0. The second-order valence-corrected chi connectivity index (χ2v) is 5.65. The Morgan fingerprint density at radius 3 is 2.79 bits per heavy atom. The van der Waals surface area contributed by atoms with E-state index in [4.69, 9.17) is 11.6 Å². The second-order valence-electron chi connectivity index (χ2n) is 5.22. The zero-order chi connectivity index (χ0) is 13.2. The maximum absolute atomic E-state index is 6.05. The van der Waals surface area contributed by atoms with E-state index in [9.17, 15) is 0 Å². The molecule has 0 saturated heterocycles. The van der Waals surface area contributed by atoms with Crippen LogP contribution >= 0.6 is 11.6 Å². The summed E-state index contributed by atoms with van der Waals surface area (Å²) in [5.41, 5.74) is 5.41. The Bertz CT molecular complexity index is 592. The molecule has 0 saturated carbocycles. The predicted molar refractivity (Wildman–Crippen MR) is 82.1 cm³/mol. The van der Waals surface area contributed by atoms with Gasteiger partial charge in [0.15, 0.2) is 0 Å². The topological polar surface area (TPSA) is 12.0 Å². The molecule has 2 aromatic rings. The van der Waals surface area contributed by atoms with E-state index in [-0.39, 0.29) is 0 Å². The molecule has 1 aliphatic rings. The molecular formula is C17H18ClN. The lowest BCUT2D eigenvalue weighted by Crippen LogP contribution is -2.19. The molecule has 1 atom stereocenters. The number of hydrogen-bond donors (Lipinski definition) is 1. The van der Waals surface area contributed by atoms with Crippen LogP contribution in [0.2, 0.25) is 5.02 Å². The van der Waals surface area contributed by atoms with Crippen LogP contribution in [-0.2, 0) is 19.3 Å². The second kappa shape index (κ2) is 5.26. The van der Waals surface area contributed by atoms with E-state index in [0.717, 1.165) is 24.3 Å². The molecule has 0 amide bonds. The van der Waals surface area contributed by atoms with Gasteiger partial charge >= 0.3 is 0 Å². The molecule has 0 bridgehead atoms. The fraction of sp³-hybridized carbons (Fsp3) is 0.294. The average Bonchev–Trinajstić information content (AvgIpc) is 2.80. The minimum absolute atomic E-state index is 0.487. The summed E-state index contributed by atoms with van der Waals surface area (Å²) in [7, 11) is 0. The first-order valence-corrected chi connectivity index (χ1v) is 7.25. The SMILES string of the molecule is CCc1cccc(NC2Cc3ccc(Cl)cc3C2)c1. The molecule has 1 nitrogen and oxygen atoms in total. The van der Waals surface area contributed by atoms with Crippen molar-refractivity contribution < 1.29 is 0 Å². The molecule has 0 aliphatic heterocycles. The molecule has 2 heteroatoms. The minimum Gasteiger partial charge on any atom is -0.382 e. The zero-order valence-electron chi connectivity index (χ0n) is 11.1. The number of aryl methyl sites for hydroxylation is 1. The zero-order valence-corrected chi connectivity index (χ0v) is 11.9. The molecule has 0 spiro atoms. The molecule has 3 rings (SSSR count). The highest BCUT2D eigenvalue weighted by Crippen LogP contribution is 2.27. The van der Waals surface area contributed by atoms with Crippen molar-refractivity contribution in [2.45, 2.75) is 32.2 Å². The Morgan fingerprint density at radius 1 is 1.11 bits per heavy atom. The van der Waals surface area contributed by atoms with E-state index in [1.165, 1.54) is 22.4 Å². The van der Waals surface area contributed by atoms with Gasteiger partial charge in [0.05, 0.1) is 0 Å². The number of rotatable bonds is 3. The van der Waals surface area contributed by atoms with Crippen molar-refractivity contribution in [1.29, 1.82) is 0 Å². The quantitative estimate of drug-likeness (QED) is 0.868. The molecule has 1 unspecified atom stereocenters. The Hall–Kier alpha value is -1.47. The van der Waals surface area contributed by atoms with Gasteiger partial charge in [-0.2, -0.15) is 0 Å². The Labute approximate surface area is 119 Å². The lowest BCUT2D eigenvalue weighted by Gasteiger charge is -2.14. The van der Waals surface area contributed by atoms with Gasteiger partial charge in [0, 0.05) is 16.8 Å². The van der Waals surface area contributed by atoms with Gasteiger partial charge in [-0.1, -0.05) is 36.7 Å². The molecule has 19 heavy (non-hydrogen) atoms. The third-order valence-corrected chi connectivity index (χ3v) is 4.04. The fourth-order valence-corrected chi connectivity index (χ4v) is 3.00. The molecule has 0 aromatic heterocycles. The van der Waals surface area contributed by atoms with Gasteiger partial charge in [0.25, 0.3) is 0 Å². The summed E-state index contributed by atoms with van der Waals surface area (Å²) >= 11 is 6.05. The maximum atomic E-state index is 6.05. The van der Waals surface area contributed by atoms with E-state index in [0.29, 0.717) is 6.04 Å². The van der Waals surface area contributed by atoms with E-state index in [1.54, 1.807) is 0 Å². The van der Waals surface area contributed by atoms with Gasteiger partial charge in [-0.25, -0.2) is 0 Å². The molecule has 0 heterocycles. The Kier molecular flexibility index (Phi) is 3.48. The van der Waals surface area contributed by atoms with Crippen LogP contribution in [0.4, 0.5) is 5.69 Å². The van der Waals surface area contributed by atoms with Crippen molar-refractivity contribution in [2.24, 2.45) is 0 Å². The van der Waals surface area contributed by atoms with Crippen LogP contribution in [0.1, 0.15) is 23.6 Å². The summed E-state index contributed by atoms with van der Waals surface area (Å²) in [5.74, 6) is 0. The first-order valence-electron chi connectivity index (χ1n) is 6.87. The van der Waals surface area contributed by atoms with Crippen molar-refractivity contribution in [3.05, 3.63) is 64.2 Å². The van der Waals surface area contributed by atoms with Crippen LogP contribution in [0.3, 0.4) is 0 Å². The first-order chi connectivity index (χ1) is 9.24. The Balaban J connectivity index is 1.73. The molecular weight excluding hydrogens is 254 g/mol. The smallest absolute Gasteiger partial charge is 0.0408 e. The van der Waals surface area contributed by atoms with Crippen LogP contribution in [-0.4, -0.2) is 6.04 Å². The van der Waals surface area contributed by atoms with Gasteiger partial charge < -0.3 is 5.32 Å². The highest BCUT2D eigenvalue weighted by Gasteiger charge is 2.21. The van der Waals surface area contributed by atoms with Gasteiger partial charge in [-0.3, -0.25) is 0 Å². The average molecular weight is 272 g/mol. The van der Waals surface area contributed by atoms with Crippen LogP contribution in [0.5, 0.6) is 0 Å². The van der Waals surface area contributed by atoms with Gasteiger partial charge in [-0.15, -0.1) is 0 Å². The number of benzene rings is 2. The normalized spacial score (nSPS) is 17.3. The van der Waals surface area contributed by atoms with Crippen LogP contribution < -0.4 is 5.32 Å². The minimum atomic E-state index is 0.487. The summed E-state index contributed by atoms with van der Waals surface area (Å²) in [6.45, 7) is 2.19. The summed E-state index contributed by atoms with van der Waals surface area (Å²) in [5, 5.41) is 4.48. The number of nitrogens with one attached hydrogen (secondary N) is 1. The lowest BCUT2D eigenvalue weighted by atomic mass is 10.1. The lowest BCUT2D eigenvalue weighted by molar-refractivity contribution is 0.774. The summed E-state index contributed by atoms with van der Waals surface area (Å²) in [6, 6.07) is 15.4. The van der Waals surface area contributed by atoms with Gasteiger partial charge in [-0.05, 0) is 60.2 Å². The van der Waals surface area contributed by atoms with Crippen molar-refractivity contribution in [3.63, 3.8) is 0 Å². The molecule has 0 radical (unpaired) electrons. The maximum Gasteiger partial charge on any atom is 0.0408 e. The fourth-order valence-electron chi connectivity index (χ4n) is 2.81. The van der Waals surface area contributed by atoms with Crippen molar-refractivity contribution in [1.82, 2.24) is 0 Å². The third-order valence-electron chi connectivity index (χ3n) is 3.81. The highest BCUT2D eigenvalue weighted by atomic mass is 35.5. The van der Waals surface area contributed by atoms with E-state index < -0.39 is 0 Å². The molecule has 0 fully saturated rings. The first kappa shape index (κ1) is 12.6. The van der Waals surface area contributed by atoms with E-state index in [2.05, 4.69) is 48.6 Å². The van der Waals surface area contributed by atoms with Crippen LogP contribution in [0.15, 0.2) is 42.5 Å². The van der Waals surface area contributed by atoms with Gasteiger partial charge in [0.1, 0.15) is 0 Å². The third kappa shape index (κ3) is 2.76. The molecule has 1 N–H and O–H groups in total. The standard InChI is InChI=1S/C17H18ClN/c1-2-12-4-3-5-16(8-12)19-17-10-13-6-7-15(18)9-14(13)11-17/h3-9,17,19H,2,10-11H2,1H3. The largest absolute Gasteiger partial charge is 0.382 e. The number of anilines is 1. The van der Waals surface area contributed by atoms with Crippen molar-refractivity contribution in [3.8, 4) is 0 Å². The van der Waals surface area contributed by atoms with Crippen LogP contribution in [0.25, 0.3) is 0 Å². The highest BCUT2D eigenvalue weighted by molar-refractivity contribution is 6.30. The summed E-state index contributed by atoms with van der Waals surface area (Å²) in [6.07, 6.45) is 3.23. The Morgan fingerprint density at radius 2 is 1.95 bits per heavy atom. The number of hydrogen-bond acceptors (Lipinski definition) is 1. The summed E-state index contributed by atoms with van der Waals surface area (Å²) in [4.78, 5) is 0. The monoisotopic (exact) mass is 271 g/mol. The van der Waals surface area contributed by atoms with E-state index >= 15 is 0 Å². The van der Waals surface area contributed by atoms with Crippen molar-refractivity contribution >= 4 is 17.3 Å². The predicted octanol–water partition coefficient (Wildman–Crippen LogP) is 4.48. The molecule has 2 aromatic carbocycles. The number of fused-ring (bicyclic) bond motifs is 1. The molecule has 98 valence electrons. The van der Waals surface area contributed by atoms with Crippen molar-refractivity contribution in [2.75, 3.05) is 5.32 Å².